The van der Waals surface area contributed by atoms with E-state index in [4.69, 9.17) is 0 Å². The smallest absolute Gasteiger partial charge is 0.550 e. The molecule has 10 atom stereocenters. The van der Waals surface area contributed by atoms with Crippen LogP contribution < -0.4 is 24.0 Å². The molecule has 0 amide bonds. The van der Waals surface area contributed by atoms with E-state index in [0.29, 0.717) is 41.9 Å². The fraction of sp³-hybridized carbons (Fsp3) is 0.958. The zero-order valence-corrected chi connectivity index (χ0v) is 18.9. The largest absolute Gasteiger partial charge is 1.00 e. The second kappa shape index (κ2) is 8.49. The van der Waals surface area contributed by atoms with E-state index in [1.165, 1.54) is 19.3 Å². The Kier molecular flexibility index (Phi) is 6.93. The van der Waals surface area contributed by atoms with Crippen LogP contribution in [-0.4, -0.2) is 28.4 Å². The van der Waals surface area contributed by atoms with Gasteiger partial charge in [-0.15, -0.1) is 0 Å². The fourth-order valence-corrected chi connectivity index (χ4v) is 8.71. The van der Waals surface area contributed by atoms with E-state index in [1.54, 1.807) is 0 Å². The van der Waals surface area contributed by atoms with Gasteiger partial charge in [-0.2, -0.15) is 0 Å². The van der Waals surface area contributed by atoms with Crippen LogP contribution in [-0.2, 0) is 4.79 Å². The summed E-state index contributed by atoms with van der Waals surface area (Å²) in [6, 6.07) is 0. The summed E-state index contributed by atoms with van der Waals surface area (Å²) >= 11 is 0. The molecule has 0 aromatic carbocycles. The molecule has 29 heavy (non-hydrogen) atoms. The zero-order valence-electron chi connectivity index (χ0n) is 18.9. The third-order valence-corrected chi connectivity index (χ3v) is 10.3. The van der Waals surface area contributed by atoms with Crippen LogP contribution in [0.3, 0.4) is 0 Å². The maximum Gasteiger partial charge on any atom is 1.00 e. The number of hydrogen-bond donors (Lipinski definition) is 2. The fourth-order valence-electron chi connectivity index (χ4n) is 8.71. The molecule has 0 heterocycles. The summed E-state index contributed by atoms with van der Waals surface area (Å²) in [4.78, 5) is 10.9. The number of carbonyl (C=O) groups excluding carboxylic acids is 1. The van der Waals surface area contributed by atoms with Crippen LogP contribution in [0.15, 0.2) is 0 Å². The number of aliphatic carboxylic acids is 1. The summed E-state index contributed by atoms with van der Waals surface area (Å²) < 4.78 is 0. The second-order valence-electron chi connectivity index (χ2n) is 11.3. The molecule has 0 aliphatic heterocycles. The molecular formula is C24H39LiO4. The van der Waals surface area contributed by atoms with Crippen molar-refractivity contribution in [3.8, 4) is 0 Å². The van der Waals surface area contributed by atoms with E-state index in [2.05, 4.69) is 20.8 Å². The molecule has 0 saturated heterocycles. The summed E-state index contributed by atoms with van der Waals surface area (Å²) in [7, 11) is 0. The van der Waals surface area contributed by atoms with Gasteiger partial charge < -0.3 is 20.1 Å². The Balaban J connectivity index is 0.00000240. The molecule has 4 aliphatic carbocycles. The van der Waals surface area contributed by atoms with Crippen LogP contribution in [0.5, 0.6) is 0 Å². The second-order valence-corrected chi connectivity index (χ2v) is 11.3. The normalized spacial score (nSPS) is 49.9. The third kappa shape index (κ3) is 3.75. The Labute approximate surface area is 188 Å². The number of fused-ring (bicyclic) bond motifs is 5. The number of hydrogen-bond acceptors (Lipinski definition) is 4. The summed E-state index contributed by atoms with van der Waals surface area (Å²) in [6.07, 6.45) is 8.98. The first-order valence-corrected chi connectivity index (χ1v) is 11.7. The molecule has 4 fully saturated rings. The van der Waals surface area contributed by atoms with E-state index in [-0.39, 0.29) is 48.3 Å². The minimum Gasteiger partial charge on any atom is -0.550 e. The molecule has 2 N–H and O–H groups in total. The van der Waals surface area contributed by atoms with Crippen LogP contribution >= 0.6 is 0 Å². The van der Waals surface area contributed by atoms with Gasteiger partial charge in [0.15, 0.2) is 0 Å². The Morgan fingerprint density at radius 2 is 1.79 bits per heavy atom. The molecule has 0 aromatic heterocycles. The quantitative estimate of drug-likeness (QED) is 0.661. The van der Waals surface area contributed by atoms with E-state index >= 15 is 0 Å². The SMILES string of the molecule is C[C@H](CCC(=O)[O-])[C@H]1CCC2C3CC[C@@H]4C[C@H](O)CC[C@]4(C)C3C[C@H](O)[C@@]21C.[Li+]. The minimum atomic E-state index is -0.957. The number of carboxylic acids is 1. The van der Waals surface area contributed by atoms with Crippen molar-refractivity contribution in [3.63, 3.8) is 0 Å². The Bertz CT molecular complexity index is 612. The van der Waals surface area contributed by atoms with Crippen molar-refractivity contribution >= 4 is 5.97 Å². The predicted molar refractivity (Wildman–Crippen MR) is 106 cm³/mol. The molecule has 160 valence electrons. The first-order valence-electron chi connectivity index (χ1n) is 11.7. The Morgan fingerprint density at radius 1 is 1.07 bits per heavy atom. The molecule has 4 saturated carbocycles. The van der Waals surface area contributed by atoms with E-state index in [9.17, 15) is 20.1 Å². The van der Waals surface area contributed by atoms with Gasteiger partial charge in [-0.05, 0) is 111 Å². The topological polar surface area (TPSA) is 80.6 Å². The van der Waals surface area contributed by atoms with Crippen LogP contribution in [0, 0.1) is 46.3 Å². The van der Waals surface area contributed by atoms with E-state index in [0.717, 1.165) is 32.1 Å². The van der Waals surface area contributed by atoms with Gasteiger partial charge in [0.1, 0.15) is 0 Å². The molecule has 4 rings (SSSR count). The van der Waals surface area contributed by atoms with Gasteiger partial charge in [0.25, 0.3) is 0 Å². The van der Waals surface area contributed by atoms with E-state index in [1.807, 2.05) is 0 Å². The maximum atomic E-state index is 11.5. The molecule has 3 unspecified atom stereocenters. The van der Waals surface area contributed by atoms with Crippen LogP contribution in [0.25, 0.3) is 0 Å². The van der Waals surface area contributed by atoms with Gasteiger partial charge in [-0.25, -0.2) is 0 Å². The van der Waals surface area contributed by atoms with Crippen molar-refractivity contribution in [3.05, 3.63) is 0 Å². The van der Waals surface area contributed by atoms with Gasteiger partial charge in [0.05, 0.1) is 12.2 Å². The third-order valence-electron chi connectivity index (χ3n) is 10.3. The summed E-state index contributed by atoms with van der Waals surface area (Å²) in [6.45, 7) is 6.94. The van der Waals surface area contributed by atoms with Gasteiger partial charge in [-0.3, -0.25) is 0 Å². The minimum absolute atomic E-state index is 0. The maximum absolute atomic E-state index is 11.5. The average Bonchev–Trinajstić information content (AvgIpc) is 3.00. The van der Waals surface area contributed by atoms with Crippen LogP contribution in [0.4, 0.5) is 0 Å². The summed E-state index contributed by atoms with van der Waals surface area (Å²) in [5.41, 5.74) is 0.188. The average molecular weight is 399 g/mol. The Hall–Kier alpha value is -0.0126. The molecule has 0 radical (unpaired) electrons. The molecular weight excluding hydrogens is 359 g/mol. The molecule has 4 nitrogen and oxygen atoms in total. The molecule has 0 spiro atoms. The monoisotopic (exact) mass is 398 g/mol. The van der Waals surface area contributed by atoms with Crippen molar-refractivity contribution in [1.29, 1.82) is 0 Å². The van der Waals surface area contributed by atoms with Crippen molar-refractivity contribution in [2.75, 3.05) is 0 Å². The molecule has 0 aromatic rings. The van der Waals surface area contributed by atoms with Gasteiger partial charge in [-0.1, -0.05) is 20.8 Å². The number of carboxylic acid groups (broad SMARTS) is 1. The predicted octanol–water partition coefficient (Wildman–Crippen LogP) is 0.147. The van der Waals surface area contributed by atoms with Crippen molar-refractivity contribution in [2.45, 2.75) is 97.2 Å². The van der Waals surface area contributed by atoms with Crippen molar-refractivity contribution < 1.29 is 39.0 Å². The summed E-state index contributed by atoms with van der Waals surface area (Å²) in [5.74, 6) is 2.19. The first-order chi connectivity index (χ1) is 13.2. The zero-order chi connectivity index (χ0) is 20.3. The number of rotatable bonds is 4. The summed E-state index contributed by atoms with van der Waals surface area (Å²) in [5, 5.41) is 32.6. The van der Waals surface area contributed by atoms with Gasteiger partial charge in [0, 0.05) is 5.97 Å². The number of aliphatic hydroxyl groups is 2. The number of carbonyl (C=O) groups is 1. The van der Waals surface area contributed by atoms with Crippen molar-refractivity contribution in [2.24, 2.45) is 46.3 Å². The molecule has 5 heteroatoms. The molecule has 4 aliphatic rings. The van der Waals surface area contributed by atoms with Gasteiger partial charge >= 0.3 is 18.9 Å². The number of aliphatic hydroxyl groups excluding tert-OH is 2. The van der Waals surface area contributed by atoms with Crippen molar-refractivity contribution in [1.82, 2.24) is 0 Å². The standard InChI is InChI=1S/C24H40O4.Li/c1-14(4-9-22(27)28)18-7-8-19-17-6-5-15-12-16(25)10-11-23(15,2)20(17)13-21(26)24(18,19)3;/h14-21,25-26H,4-13H2,1-3H3,(H,27,28);/q;+1/p-1/t14-,15-,16-,17?,18-,19?,20?,21+,23+,24-;/m1./s1. The first kappa shape index (κ1) is 23.6. The van der Waals surface area contributed by atoms with Crippen LogP contribution in [0.2, 0.25) is 0 Å². The van der Waals surface area contributed by atoms with E-state index < -0.39 is 5.97 Å². The van der Waals surface area contributed by atoms with Crippen LogP contribution in [0.1, 0.15) is 85.0 Å². The van der Waals surface area contributed by atoms with Gasteiger partial charge in [0.2, 0.25) is 0 Å². The Morgan fingerprint density at radius 3 is 2.48 bits per heavy atom. The molecule has 0 bridgehead atoms.